The lowest BCUT2D eigenvalue weighted by Gasteiger charge is -2.32. The second-order valence-corrected chi connectivity index (χ2v) is 8.86. The minimum absolute atomic E-state index is 0.0678. The molecule has 1 saturated heterocycles. The van der Waals surface area contributed by atoms with Crippen LogP contribution in [0.3, 0.4) is 0 Å². The Morgan fingerprint density at radius 2 is 1.81 bits per heavy atom. The van der Waals surface area contributed by atoms with Gasteiger partial charge in [-0.3, -0.25) is 4.79 Å². The van der Waals surface area contributed by atoms with Crippen LogP contribution < -0.4 is 15.6 Å². The molecule has 0 aliphatic carbocycles. The minimum atomic E-state index is 0.0678. The summed E-state index contributed by atoms with van der Waals surface area (Å²) in [7, 11) is 1.67. The van der Waals surface area contributed by atoms with Gasteiger partial charge < -0.3 is 19.5 Å². The van der Waals surface area contributed by atoms with Crippen molar-refractivity contribution in [3.8, 4) is 5.75 Å². The predicted octanol–water partition coefficient (Wildman–Crippen LogP) is 4.01. The number of likely N-dealkylation sites (tertiary alicyclic amines) is 1. The Bertz CT molecular complexity index is 1070. The molecular weight excluding hydrogens is 398 g/mol. The molecule has 1 aliphatic heterocycles. The van der Waals surface area contributed by atoms with Crippen LogP contribution in [0.1, 0.15) is 30.4 Å². The summed E-state index contributed by atoms with van der Waals surface area (Å²) in [5.74, 6) is 0.787. The zero-order chi connectivity index (χ0) is 22.3. The van der Waals surface area contributed by atoms with Crippen molar-refractivity contribution in [3.05, 3.63) is 76.1 Å². The Kier molecular flexibility index (Phi) is 7.61. The lowest BCUT2D eigenvalue weighted by atomic mass is 10.0. The number of hydrogen-bond donors (Lipinski definition) is 1. The van der Waals surface area contributed by atoms with E-state index in [1.165, 1.54) is 24.8 Å². The van der Waals surface area contributed by atoms with Crippen molar-refractivity contribution in [2.45, 2.75) is 45.2 Å². The molecule has 1 N–H and O–H groups in total. The van der Waals surface area contributed by atoms with Crippen LogP contribution in [0.2, 0.25) is 0 Å². The van der Waals surface area contributed by atoms with Crippen LogP contribution in [0.15, 0.2) is 59.4 Å². The van der Waals surface area contributed by atoms with E-state index in [1.54, 1.807) is 13.2 Å². The topological polar surface area (TPSA) is 46.5 Å². The second-order valence-electron chi connectivity index (χ2n) is 8.86. The van der Waals surface area contributed by atoms with E-state index in [0.717, 1.165) is 54.8 Å². The predicted molar refractivity (Wildman–Crippen MR) is 132 cm³/mol. The average molecular weight is 434 g/mol. The van der Waals surface area contributed by atoms with Crippen molar-refractivity contribution in [1.29, 1.82) is 0 Å². The molecule has 5 heteroatoms. The summed E-state index contributed by atoms with van der Waals surface area (Å²) in [6.45, 7) is 6.84. The van der Waals surface area contributed by atoms with E-state index in [9.17, 15) is 4.79 Å². The van der Waals surface area contributed by atoms with E-state index >= 15 is 0 Å². The third-order valence-corrected chi connectivity index (χ3v) is 6.67. The zero-order valence-corrected chi connectivity index (χ0v) is 19.3. The van der Waals surface area contributed by atoms with Gasteiger partial charge in [-0.05, 0) is 75.5 Å². The van der Waals surface area contributed by atoms with Crippen molar-refractivity contribution >= 4 is 10.9 Å². The smallest absolute Gasteiger partial charge is 0.251 e. The first-order valence-corrected chi connectivity index (χ1v) is 11.8. The van der Waals surface area contributed by atoms with Gasteiger partial charge in [-0.1, -0.05) is 30.3 Å². The summed E-state index contributed by atoms with van der Waals surface area (Å²) in [5.41, 5.74) is 3.46. The number of nitrogens with one attached hydrogen (secondary N) is 1. The molecule has 4 rings (SSSR count). The maximum absolute atomic E-state index is 12.7. The van der Waals surface area contributed by atoms with Crippen molar-refractivity contribution in [1.82, 2.24) is 14.8 Å². The Balaban J connectivity index is 1.26. The molecule has 32 heavy (non-hydrogen) atoms. The number of methoxy groups -OCH3 is 1. The van der Waals surface area contributed by atoms with E-state index in [4.69, 9.17) is 4.74 Å². The van der Waals surface area contributed by atoms with Crippen LogP contribution in [0.4, 0.5) is 0 Å². The van der Waals surface area contributed by atoms with Gasteiger partial charge in [-0.15, -0.1) is 0 Å². The zero-order valence-electron chi connectivity index (χ0n) is 19.3. The molecular formula is C27H35N3O2. The molecule has 5 nitrogen and oxygen atoms in total. The summed E-state index contributed by atoms with van der Waals surface area (Å²) in [6.07, 6.45) is 4.65. The van der Waals surface area contributed by atoms with Crippen LogP contribution in [-0.2, 0) is 13.0 Å². The summed E-state index contributed by atoms with van der Waals surface area (Å²) in [4.78, 5) is 15.2. The Morgan fingerprint density at radius 3 is 2.56 bits per heavy atom. The molecule has 1 aromatic heterocycles. The molecule has 2 aromatic carbocycles. The van der Waals surface area contributed by atoms with Gasteiger partial charge in [0.25, 0.3) is 5.56 Å². The maximum atomic E-state index is 12.7. The highest BCUT2D eigenvalue weighted by atomic mass is 16.5. The third kappa shape index (κ3) is 5.59. The van der Waals surface area contributed by atoms with Crippen LogP contribution in [0.25, 0.3) is 10.9 Å². The summed E-state index contributed by atoms with van der Waals surface area (Å²) < 4.78 is 7.30. The lowest BCUT2D eigenvalue weighted by molar-refractivity contribution is 0.192. The number of ether oxygens (including phenoxy) is 1. The van der Waals surface area contributed by atoms with Gasteiger partial charge in [-0.2, -0.15) is 0 Å². The third-order valence-electron chi connectivity index (χ3n) is 6.67. The van der Waals surface area contributed by atoms with Gasteiger partial charge in [0.05, 0.1) is 12.6 Å². The molecule has 1 aliphatic rings. The molecule has 0 saturated carbocycles. The molecule has 0 atom stereocenters. The number of rotatable bonds is 9. The highest BCUT2D eigenvalue weighted by Gasteiger charge is 2.19. The van der Waals surface area contributed by atoms with Crippen molar-refractivity contribution < 1.29 is 4.74 Å². The first-order chi connectivity index (χ1) is 15.6. The Hall–Kier alpha value is -2.63. The summed E-state index contributed by atoms with van der Waals surface area (Å²) in [6, 6.07) is 19.1. The molecule has 1 fully saturated rings. The van der Waals surface area contributed by atoms with Crippen LogP contribution in [0, 0.1) is 6.92 Å². The van der Waals surface area contributed by atoms with Gasteiger partial charge in [0.1, 0.15) is 5.75 Å². The highest BCUT2D eigenvalue weighted by molar-refractivity contribution is 5.83. The van der Waals surface area contributed by atoms with E-state index in [1.807, 2.05) is 29.7 Å². The van der Waals surface area contributed by atoms with Crippen molar-refractivity contribution in [2.24, 2.45) is 0 Å². The van der Waals surface area contributed by atoms with E-state index in [2.05, 4.69) is 40.5 Å². The highest BCUT2D eigenvalue weighted by Crippen LogP contribution is 2.22. The summed E-state index contributed by atoms with van der Waals surface area (Å²) >= 11 is 0. The van der Waals surface area contributed by atoms with Crippen LogP contribution >= 0.6 is 0 Å². The number of aromatic nitrogens is 1. The first kappa shape index (κ1) is 22.6. The molecule has 0 unspecified atom stereocenters. The van der Waals surface area contributed by atoms with E-state index < -0.39 is 0 Å². The monoisotopic (exact) mass is 433 g/mol. The number of pyridine rings is 1. The number of aryl methyl sites for hydroxylation is 2. The van der Waals surface area contributed by atoms with Crippen molar-refractivity contribution in [3.63, 3.8) is 0 Å². The molecule has 0 amide bonds. The normalized spacial score (nSPS) is 15.3. The standard InChI is InChI=1S/C27H35N3O2/c1-21-19-27(31)30(26-20-24(32-2)10-11-25(21)26)18-17-29-15-12-23(13-16-29)28-14-6-9-22-7-4-3-5-8-22/h3-5,7-8,10-11,19-20,23,28H,6,9,12-18H2,1-2H3. The van der Waals surface area contributed by atoms with Crippen LogP contribution in [-0.4, -0.2) is 48.8 Å². The number of fused-ring (bicyclic) bond motifs is 1. The fraction of sp³-hybridized carbons (Fsp3) is 0.444. The van der Waals surface area contributed by atoms with Gasteiger partial charge in [0, 0.05) is 36.7 Å². The quantitative estimate of drug-likeness (QED) is 0.518. The molecule has 0 spiro atoms. The van der Waals surface area contributed by atoms with Gasteiger partial charge in [0.15, 0.2) is 0 Å². The molecule has 2 heterocycles. The number of hydrogen-bond acceptors (Lipinski definition) is 4. The fourth-order valence-corrected chi connectivity index (χ4v) is 4.73. The molecule has 0 radical (unpaired) electrons. The SMILES string of the molecule is COc1ccc2c(C)cc(=O)n(CCN3CCC(NCCCc4ccccc4)CC3)c2c1. The minimum Gasteiger partial charge on any atom is -0.497 e. The molecule has 0 bridgehead atoms. The van der Waals surface area contributed by atoms with Crippen molar-refractivity contribution in [2.75, 3.05) is 33.3 Å². The van der Waals surface area contributed by atoms with Crippen LogP contribution in [0.5, 0.6) is 5.75 Å². The number of piperidine rings is 1. The van der Waals surface area contributed by atoms with Gasteiger partial charge in [-0.25, -0.2) is 0 Å². The first-order valence-electron chi connectivity index (χ1n) is 11.8. The Morgan fingerprint density at radius 1 is 1.03 bits per heavy atom. The number of benzene rings is 2. The average Bonchev–Trinajstić information content (AvgIpc) is 2.83. The largest absolute Gasteiger partial charge is 0.497 e. The second kappa shape index (κ2) is 10.8. The molecule has 3 aromatic rings. The van der Waals surface area contributed by atoms with E-state index in [-0.39, 0.29) is 5.56 Å². The van der Waals surface area contributed by atoms with E-state index in [0.29, 0.717) is 12.6 Å². The Labute approximate surface area is 191 Å². The number of nitrogens with zero attached hydrogens (tertiary/aromatic N) is 2. The van der Waals surface area contributed by atoms with Gasteiger partial charge >= 0.3 is 0 Å². The lowest BCUT2D eigenvalue weighted by Crippen LogP contribution is -2.44. The summed E-state index contributed by atoms with van der Waals surface area (Å²) in [5, 5.41) is 4.86. The fourth-order valence-electron chi connectivity index (χ4n) is 4.73. The van der Waals surface area contributed by atoms with Gasteiger partial charge in [0.2, 0.25) is 0 Å². The maximum Gasteiger partial charge on any atom is 0.251 e. The molecule has 170 valence electrons.